The van der Waals surface area contributed by atoms with Crippen LogP contribution in [-0.2, 0) is 9.84 Å². The maximum absolute atomic E-state index is 13.1. The van der Waals surface area contributed by atoms with Crippen LogP contribution in [0.3, 0.4) is 0 Å². The first-order valence-corrected chi connectivity index (χ1v) is 12.9. The minimum Gasteiger partial charge on any atom is -0.336 e. The highest BCUT2D eigenvalue weighted by molar-refractivity contribution is 7.91. The van der Waals surface area contributed by atoms with Gasteiger partial charge < -0.3 is 10.2 Å². The van der Waals surface area contributed by atoms with Crippen molar-refractivity contribution < 1.29 is 13.2 Å². The third kappa shape index (κ3) is 4.27. The van der Waals surface area contributed by atoms with Crippen molar-refractivity contribution in [2.75, 3.05) is 32.4 Å². The maximum atomic E-state index is 13.1. The molecule has 2 aromatic carbocycles. The van der Waals surface area contributed by atoms with Gasteiger partial charge in [0.1, 0.15) is 0 Å². The Hall–Kier alpha value is -4.07. The summed E-state index contributed by atoms with van der Waals surface area (Å²) in [4.78, 5) is 23.9. The normalized spacial score (nSPS) is 14.1. The van der Waals surface area contributed by atoms with Crippen LogP contribution < -0.4 is 5.32 Å². The Bertz CT molecular complexity index is 1580. The van der Waals surface area contributed by atoms with Crippen molar-refractivity contribution >= 4 is 26.6 Å². The highest BCUT2D eigenvalue weighted by atomic mass is 32.2. The summed E-state index contributed by atoms with van der Waals surface area (Å²) < 4.78 is 26.6. The van der Waals surface area contributed by atoms with Crippen LogP contribution in [-0.4, -0.2) is 66.2 Å². The monoisotopic (exact) mass is 486 g/mol. The molecule has 176 valence electrons. The van der Waals surface area contributed by atoms with Gasteiger partial charge in [-0.2, -0.15) is 5.26 Å². The van der Waals surface area contributed by atoms with E-state index in [0.717, 1.165) is 19.3 Å². The fraction of sp³-hybridized carbons (Fsp3) is 0.200. The van der Waals surface area contributed by atoms with Gasteiger partial charge in [-0.25, -0.2) is 18.4 Å². The molecule has 0 radical (unpaired) electrons. The summed E-state index contributed by atoms with van der Waals surface area (Å²) >= 11 is 0. The van der Waals surface area contributed by atoms with Crippen LogP contribution in [0.1, 0.15) is 15.9 Å². The molecule has 0 spiro atoms. The summed E-state index contributed by atoms with van der Waals surface area (Å²) in [5.74, 6) is 0.154. The molecule has 0 aliphatic carbocycles. The lowest BCUT2D eigenvalue weighted by atomic mass is 10.0. The zero-order chi connectivity index (χ0) is 24.6. The summed E-state index contributed by atoms with van der Waals surface area (Å²) in [6.45, 7) is 2.69. The first-order valence-electron chi connectivity index (χ1n) is 11.0. The molecule has 35 heavy (non-hydrogen) atoms. The highest BCUT2D eigenvalue weighted by Gasteiger charge is 2.23. The third-order valence-corrected chi connectivity index (χ3v) is 7.16. The molecule has 1 fully saturated rings. The molecule has 2 aromatic heterocycles. The van der Waals surface area contributed by atoms with Crippen LogP contribution in [0.15, 0.2) is 66.0 Å². The Labute approximate surface area is 202 Å². The van der Waals surface area contributed by atoms with Gasteiger partial charge in [0.25, 0.3) is 5.91 Å². The number of hydrogen-bond acceptors (Lipinski definition) is 7. The van der Waals surface area contributed by atoms with Crippen molar-refractivity contribution in [3.05, 3.63) is 72.2 Å². The second-order valence-corrected chi connectivity index (χ2v) is 10.3. The predicted molar refractivity (Wildman–Crippen MR) is 131 cm³/mol. The zero-order valence-corrected chi connectivity index (χ0v) is 19.8. The molecule has 1 N–H and O–H groups in total. The van der Waals surface area contributed by atoms with Crippen molar-refractivity contribution in [1.82, 2.24) is 24.8 Å². The van der Waals surface area contributed by atoms with Crippen LogP contribution >= 0.6 is 0 Å². The number of nitrogens with zero attached hydrogens (tertiary/aromatic N) is 5. The third-order valence-electron chi connectivity index (χ3n) is 6.03. The molecule has 4 aromatic rings. The Kier molecular flexibility index (Phi) is 5.80. The molecule has 10 heteroatoms. The molecule has 1 aliphatic rings. The Morgan fingerprint density at radius 2 is 1.80 bits per heavy atom. The summed E-state index contributed by atoms with van der Waals surface area (Å²) in [5, 5.41) is 13.1. The highest BCUT2D eigenvalue weighted by Crippen LogP contribution is 2.29. The van der Waals surface area contributed by atoms with Crippen LogP contribution in [0.4, 0.5) is 0 Å². The lowest BCUT2D eigenvalue weighted by Crippen LogP contribution is -2.46. The zero-order valence-electron chi connectivity index (χ0n) is 19.0. The van der Waals surface area contributed by atoms with Gasteiger partial charge in [0.05, 0.1) is 22.0 Å². The SMILES string of the molecule is CS(=O)(=O)c1cn(-c2ncc(-c3ccccc3C#N)cn2)c2cc(C(=O)N3CCNCC3)ccc12. The topological polar surface area (TPSA) is 121 Å². The molecule has 9 nitrogen and oxygen atoms in total. The van der Waals surface area contributed by atoms with Crippen LogP contribution in [0.25, 0.3) is 28.0 Å². The molecule has 3 heterocycles. The molecule has 0 atom stereocenters. The van der Waals surface area contributed by atoms with Crippen molar-refractivity contribution in [1.29, 1.82) is 5.26 Å². The van der Waals surface area contributed by atoms with Gasteiger partial charge in [-0.15, -0.1) is 0 Å². The van der Waals surface area contributed by atoms with Crippen LogP contribution in [0.5, 0.6) is 0 Å². The lowest BCUT2D eigenvalue weighted by Gasteiger charge is -2.27. The van der Waals surface area contributed by atoms with Gasteiger partial charge >= 0.3 is 0 Å². The number of sulfone groups is 1. The molecule has 1 amide bonds. The van der Waals surface area contributed by atoms with E-state index in [4.69, 9.17) is 0 Å². The van der Waals surface area contributed by atoms with E-state index in [1.807, 2.05) is 12.1 Å². The largest absolute Gasteiger partial charge is 0.336 e. The smallest absolute Gasteiger partial charge is 0.254 e. The van der Waals surface area contributed by atoms with Crippen LogP contribution in [0.2, 0.25) is 0 Å². The predicted octanol–water partition coefficient (Wildman–Crippen LogP) is 2.41. The number of carbonyl (C=O) groups excluding carboxylic acids is 1. The molecule has 1 aliphatic heterocycles. The quantitative estimate of drug-likeness (QED) is 0.470. The Balaban J connectivity index is 1.61. The number of carbonyl (C=O) groups is 1. The van der Waals surface area contributed by atoms with Crippen molar-refractivity contribution in [3.8, 4) is 23.1 Å². The van der Waals surface area contributed by atoms with Gasteiger partial charge in [0.2, 0.25) is 5.95 Å². The summed E-state index contributed by atoms with van der Waals surface area (Å²) in [6, 6.07) is 14.3. The number of nitriles is 1. The van der Waals surface area contributed by atoms with Crippen molar-refractivity contribution in [3.63, 3.8) is 0 Å². The molecular weight excluding hydrogens is 464 g/mol. The van der Waals surface area contributed by atoms with Crippen LogP contribution in [0, 0.1) is 11.3 Å². The molecule has 5 rings (SSSR count). The van der Waals surface area contributed by atoms with E-state index in [1.54, 1.807) is 52.2 Å². The van der Waals surface area contributed by atoms with Crippen molar-refractivity contribution in [2.24, 2.45) is 0 Å². The average Bonchev–Trinajstić information content (AvgIpc) is 3.28. The summed E-state index contributed by atoms with van der Waals surface area (Å²) in [6.07, 6.45) is 5.83. The number of benzene rings is 2. The van der Waals surface area contributed by atoms with Crippen molar-refractivity contribution in [2.45, 2.75) is 4.90 Å². The van der Waals surface area contributed by atoms with E-state index < -0.39 is 9.84 Å². The van der Waals surface area contributed by atoms with E-state index in [1.165, 1.54) is 6.20 Å². The van der Waals surface area contributed by atoms with Gasteiger partial charge in [0, 0.05) is 73.1 Å². The van der Waals surface area contributed by atoms with E-state index in [0.29, 0.717) is 46.2 Å². The fourth-order valence-electron chi connectivity index (χ4n) is 4.26. The maximum Gasteiger partial charge on any atom is 0.254 e. The molecular formula is C25H22N6O3S. The van der Waals surface area contributed by atoms with E-state index in [2.05, 4.69) is 21.4 Å². The van der Waals surface area contributed by atoms with Gasteiger partial charge in [-0.05, 0) is 18.2 Å². The summed E-state index contributed by atoms with van der Waals surface area (Å²) in [5.41, 5.74) is 2.88. The number of piperazine rings is 1. The van der Waals surface area contributed by atoms with Gasteiger partial charge in [-0.3, -0.25) is 9.36 Å². The number of nitrogens with one attached hydrogen (secondary N) is 1. The number of amides is 1. The molecule has 1 saturated heterocycles. The van der Waals surface area contributed by atoms with E-state index in [-0.39, 0.29) is 16.8 Å². The lowest BCUT2D eigenvalue weighted by molar-refractivity contribution is 0.0736. The second-order valence-electron chi connectivity index (χ2n) is 8.34. The fourth-order valence-corrected chi connectivity index (χ4v) is 5.13. The number of aromatic nitrogens is 3. The number of rotatable bonds is 4. The van der Waals surface area contributed by atoms with Gasteiger partial charge in [0.15, 0.2) is 9.84 Å². The minimum atomic E-state index is -3.55. The first-order chi connectivity index (χ1) is 16.9. The first kappa shape index (κ1) is 22.7. The molecule has 0 bridgehead atoms. The van der Waals surface area contributed by atoms with Gasteiger partial charge in [-0.1, -0.05) is 24.3 Å². The molecule has 0 unspecified atom stereocenters. The Morgan fingerprint density at radius 3 is 2.49 bits per heavy atom. The average molecular weight is 487 g/mol. The molecule has 0 saturated carbocycles. The number of hydrogen-bond donors (Lipinski definition) is 1. The Morgan fingerprint density at radius 1 is 1.09 bits per heavy atom. The minimum absolute atomic E-state index is 0.105. The number of fused-ring (bicyclic) bond motifs is 1. The standard InChI is InChI=1S/C25H22N6O3S/c1-35(33,34)23-16-31(25-28-14-19(15-29-25)20-5-3-2-4-18(20)13-26)22-12-17(6-7-21(22)23)24(32)30-10-8-27-9-11-30/h2-7,12,14-16,27H,8-11H2,1H3. The summed E-state index contributed by atoms with van der Waals surface area (Å²) in [7, 11) is -3.55. The van der Waals surface area contributed by atoms with E-state index in [9.17, 15) is 18.5 Å². The second kappa shape index (κ2) is 8.94. The van der Waals surface area contributed by atoms with E-state index >= 15 is 0 Å².